The van der Waals surface area contributed by atoms with Crippen LogP contribution >= 0.6 is 10.7 Å². The molecule has 0 bridgehead atoms. The third-order valence-electron chi connectivity index (χ3n) is 2.54. The predicted molar refractivity (Wildman–Crippen MR) is 47.8 cm³/mol. The van der Waals surface area contributed by atoms with E-state index in [2.05, 4.69) is 0 Å². The van der Waals surface area contributed by atoms with Crippen molar-refractivity contribution in [3.8, 4) is 0 Å². The molecule has 1 aliphatic carbocycles. The van der Waals surface area contributed by atoms with Crippen molar-refractivity contribution in [3.63, 3.8) is 0 Å². The monoisotopic (exact) mass is 212 g/mol. The Hall–Kier alpha value is 0.200. The molecule has 0 aromatic heterocycles. The normalized spacial score (nSPS) is 23.6. The van der Waals surface area contributed by atoms with Crippen molar-refractivity contribution in [3.05, 3.63) is 0 Å². The van der Waals surface area contributed by atoms with Gasteiger partial charge in [-0.3, -0.25) is 0 Å². The Labute approximate surface area is 77.5 Å². The van der Waals surface area contributed by atoms with Crippen molar-refractivity contribution in [1.29, 1.82) is 0 Å². The summed E-state index contributed by atoms with van der Waals surface area (Å²) in [5.41, 5.74) is 0. The number of rotatable bonds is 4. The van der Waals surface area contributed by atoms with E-state index in [4.69, 9.17) is 15.4 Å². The zero-order valence-corrected chi connectivity index (χ0v) is 8.78. The topological polar surface area (TPSA) is 43.4 Å². The van der Waals surface area contributed by atoms with E-state index in [1.165, 1.54) is 0 Å². The van der Waals surface area contributed by atoms with E-state index in [0.29, 0.717) is 19.4 Å². The summed E-state index contributed by atoms with van der Waals surface area (Å²) in [5.74, 6) is -0.00926. The maximum atomic E-state index is 11.1. The molecule has 5 heteroatoms. The molecule has 0 saturated heterocycles. The molecule has 1 unspecified atom stereocenters. The molecule has 0 aliphatic heterocycles. The summed E-state index contributed by atoms with van der Waals surface area (Å²) in [6, 6.07) is 0. The smallest absolute Gasteiger partial charge is 0.238 e. The van der Waals surface area contributed by atoms with Gasteiger partial charge in [0.05, 0.1) is 11.4 Å². The van der Waals surface area contributed by atoms with Crippen LogP contribution in [0.4, 0.5) is 0 Å². The van der Waals surface area contributed by atoms with Crippen molar-refractivity contribution in [1.82, 2.24) is 0 Å². The van der Waals surface area contributed by atoms with Crippen LogP contribution in [0.25, 0.3) is 0 Å². The number of ether oxygens (including phenoxy) is 1. The van der Waals surface area contributed by atoms with Gasteiger partial charge in [-0.25, -0.2) is 8.42 Å². The summed E-state index contributed by atoms with van der Waals surface area (Å²) in [5, 5.41) is 0. The lowest BCUT2D eigenvalue weighted by atomic mass is 10.1. The van der Waals surface area contributed by atoms with Crippen LogP contribution in [0.15, 0.2) is 0 Å². The number of hydrogen-bond donors (Lipinski definition) is 0. The van der Waals surface area contributed by atoms with Crippen LogP contribution in [0.5, 0.6) is 0 Å². The first-order valence-corrected chi connectivity index (χ1v) is 6.18. The Morgan fingerprint density at radius 2 is 2.08 bits per heavy atom. The lowest BCUT2D eigenvalue weighted by Crippen LogP contribution is -2.29. The van der Waals surface area contributed by atoms with Crippen molar-refractivity contribution in [2.45, 2.75) is 24.5 Å². The van der Waals surface area contributed by atoms with E-state index in [1.54, 1.807) is 7.11 Å². The zero-order valence-electron chi connectivity index (χ0n) is 7.21. The molecule has 1 rings (SSSR count). The second-order valence-corrected chi connectivity index (χ2v) is 6.27. The van der Waals surface area contributed by atoms with Gasteiger partial charge in [-0.05, 0) is 12.8 Å². The van der Waals surface area contributed by atoms with Crippen molar-refractivity contribution in [2.75, 3.05) is 13.7 Å². The van der Waals surface area contributed by atoms with E-state index in [1.807, 2.05) is 6.92 Å². The fourth-order valence-corrected chi connectivity index (χ4v) is 3.56. The van der Waals surface area contributed by atoms with Crippen molar-refractivity contribution >= 4 is 19.7 Å². The highest BCUT2D eigenvalue weighted by molar-refractivity contribution is 8.15. The average molecular weight is 213 g/mol. The lowest BCUT2D eigenvalue weighted by molar-refractivity contribution is 0.154. The van der Waals surface area contributed by atoms with Crippen LogP contribution in [-0.4, -0.2) is 26.9 Å². The largest absolute Gasteiger partial charge is 0.384 e. The maximum absolute atomic E-state index is 11.1. The first kappa shape index (κ1) is 10.3. The lowest BCUT2D eigenvalue weighted by Gasteiger charge is -2.18. The number of methoxy groups -OCH3 is 1. The van der Waals surface area contributed by atoms with Gasteiger partial charge in [-0.2, -0.15) is 0 Å². The van der Waals surface area contributed by atoms with Gasteiger partial charge in [0, 0.05) is 23.7 Å². The average Bonchev–Trinajstić information content (AvgIpc) is 2.63. The van der Waals surface area contributed by atoms with E-state index in [9.17, 15) is 8.42 Å². The Kier molecular flexibility index (Phi) is 2.71. The fourth-order valence-electron chi connectivity index (χ4n) is 1.50. The summed E-state index contributed by atoms with van der Waals surface area (Å²) in [6.45, 7) is 2.31. The molecule has 0 aromatic carbocycles. The molecule has 1 saturated carbocycles. The van der Waals surface area contributed by atoms with Gasteiger partial charge in [0.2, 0.25) is 9.05 Å². The highest BCUT2D eigenvalue weighted by atomic mass is 35.7. The Morgan fingerprint density at radius 1 is 1.58 bits per heavy atom. The molecule has 3 nitrogen and oxygen atoms in total. The van der Waals surface area contributed by atoms with Crippen LogP contribution < -0.4 is 0 Å². The Balaban J connectivity index is 2.73. The molecule has 0 heterocycles. The molecule has 1 aliphatic rings. The molecule has 0 spiro atoms. The maximum Gasteiger partial charge on any atom is 0.238 e. The van der Waals surface area contributed by atoms with E-state index < -0.39 is 13.8 Å². The van der Waals surface area contributed by atoms with E-state index in [-0.39, 0.29) is 5.92 Å². The van der Waals surface area contributed by atoms with Crippen LogP contribution in [0.3, 0.4) is 0 Å². The van der Waals surface area contributed by atoms with Crippen LogP contribution in [0, 0.1) is 5.92 Å². The SMILES string of the molecule is COCC(C)C1(S(=O)(=O)Cl)CC1. The third kappa shape index (κ3) is 1.60. The fraction of sp³-hybridized carbons (Fsp3) is 1.00. The van der Waals surface area contributed by atoms with Gasteiger partial charge >= 0.3 is 0 Å². The van der Waals surface area contributed by atoms with Gasteiger partial charge < -0.3 is 4.74 Å². The van der Waals surface area contributed by atoms with Crippen LogP contribution in [-0.2, 0) is 13.8 Å². The quantitative estimate of drug-likeness (QED) is 0.662. The van der Waals surface area contributed by atoms with Gasteiger partial charge in [0.1, 0.15) is 0 Å². The molecular weight excluding hydrogens is 200 g/mol. The van der Waals surface area contributed by atoms with E-state index in [0.717, 1.165) is 0 Å². The summed E-state index contributed by atoms with van der Waals surface area (Å²) in [6.07, 6.45) is 1.34. The molecule has 0 aromatic rings. The molecule has 0 N–H and O–H groups in total. The number of hydrogen-bond acceptors (Lipinski definition) is 3. The minimum Gasteiger partial charge on any atom is -0.384 e. The first-order chi connectivity index (χ1) is 5.44. The van der Waals surface area contributed by atoms with Crippen molar-refractivity contribution < 1.29 is 13.2 Å². The Bertz CT molecular complexity index is 256. The standard InChI is InChI=1S/C7H13ClO3S/c1-6(5-11-2)7(3-4-7)12(8,9)10/h6H,3-5H2,1-2H3. The summed E-state index contributed by atoms with van der Waals surface area (Å²) in [7, 11) is 3.48. The summed E-state index contributed by atoms with van der Waals surface area (Å²) >= 11 is 0. The summed E-state index contributed by atoms with van der Waals surface area (Å²) in [4.78, 5) is 0. The first-order valence-electron chi connectivity index (χ1n) is 3.87. The van der Waals surface area contributed by atoms with Crippen LogP contribution in [0.2, 0.25) is 0 Å². The highest BCUT2D eigenvalue weighted by Gasteiger charge is 2.57. The number of halogens is 1. The van der Waals surface area contributed by atoms with Gasteiger partial charge in [0.25, 0.3) is 0 Å². The molecule has 1 atom stereocenters. The molecule has 0 amide bonds. The van der Waals surface area contributed by atoms with E-state index >= 15 is 0 Å². The van der Waals surface area contributed by atoms with Crippen molar-refractivity contribution in [2.24, 2.45) is 5.92 Å². The molecular formula is C7H13ClO3S. The highest BCUT2D eigenvalue weighted by Crippen LogP contribution is 2.51. The van der Waals surface area contributed by atoms with Gasteiger partial charge in [-0.1, -0.05) is 6.92 Å². The molecule has 0 radical (unpaired) electrons. The van der Waals surface area contributed by atoms with Crippen LogP contribution in [0.1, 0.15) is 19.8 Å². The minimum absolute atomic E-state index is 0.00926. The Morgan fingerprint density at radius 3 is 2.33 bits per heavy atom. The second kappa shape index (κ2) is 3.16. The van der Waals surface area contributed by atoms with Gasteiger partial charge in [0.15, 0.2) is 0 Å². The third-order valence-corrected chi connectivity index (χ3v) is 5.25. The molecule has 12 heavy (non-hydrogen) atoms. The minimum atomic E-state index is -3.42. The summed E-state index contributed by atoms with van der Waals surface area (Å²) < 4.78 is 26.5. The molecule has 1 fully saturated rings. The zero-order chi connectivity index (χ0) is 9.41. The second-order valence-electron chi connectivity index (χ2n) is 3.36. The predicted octanol–water partition coefficient (Wildman–Crippen LogP) is 1.37. The van der Waals surface area contributed by atoms with Gasteiger partial charge in [-0.15, -0.1) is 0 Å². The molecule has 72 valence electrons.